The van der Waals surface area contributed by atoms with Gasteiger partial charge >= 0.3 is 0 Å². The number of pyridine rings is 1. The van der Waals surface area contributed by atoms with E-state index in [1.807, 2.05) is 20.0 Å². The number of hydrogen-bond acceptors (Lipinski definition) is 4. The SMILES string of the molecule is Cc1nc(C)c2cc(-c3cnc4c(c3)CCN4)ccc2n1. The van der Waals surface area contributed by atoms with Gasteiger partial charge in [-0.05, 0) is 49.6 Å². The fourth-order valence-corrected chi connectivity index (χ4v) is 2.94. The zero-order valence-electron chi connectivity index (χ0n) is 12.1. The standard InChI is InChI=1S/C17H16N4/c1-10-15-8-12(3-4-16(15)21-11(2)20-10)14-7-13-5-6-18-17(13)19-9-14/h3-4,7-9H,5-6H2,1-2H3,(H,18,19). The summed E-state index contributed by atoms with van der Waals surface area (Å²) in [5, 5.41) is 4.40. The predicted molar refractivity (Wildman–Crippen MR) is 84.4 cm³/mol. The van der Waals surface area contributed by atoms with Gasteiger partial charge in [0, 0.05) is 29.4 Å². The number of nitrogens with one attached hydrogen (secondary N) is 1. The summed E-state index contributed by atoms with van der Waals surface area (Å²) >= 11 is 0. The quantitative estimate of drug-likeness (QED) is 0.741. The largest absolute Gasteiger partial charge is 0.370 e. The molecule has 0 atom stereocenters. The second-order valence-electron chi connectivity index (χ2n) is 5.50. The van der Waals surface area contributed by atoms with Crippen molar-refractivity contribution in [2.24, 2.45) is 0 Å². The molecule has 0 amide bonds. The normalized spacial score (nSPS) is 13.2. The van der Waals surface area contributed by atoms with Crippen LogP contribution in [-0.2, 0) is 6.42 Å². The topological polar surface area (TPSA) is 50.7 Å². The van der Waals surface area contributed by atoms with Crippen LogP contribution in [0.4, 0.5) is 5.82 Å². The second kappa shape index (κ2) is 4.52. The zero-order valence-corrected chi connectivity index (χ0v) is 12.1. The fraction of sp³-hybridized carbons (Fsp3) is 0.235. The average Bonchev–Trinajstić information content (AvgIpc) is 2.94. The fourth-order valence-electron chi connectivity index (χ4n) is 2.94. The van der Waals surface area contributed by atoms with Crippen LogP contribution in [0.1, 0.15) is 17.1 Å². The van der Waals surface area contributed by atoms with Gasteiger partial charge in [-0.15, -0.1) is 0 Å². The summed E-state index contributed by atoms with van der Waals surface area (Å²) in [5.74, 6) is 1.84. The molecular formula is C17H16N4. The highest BCUT2D eigenvalue weighted by atomic mass is 15.0. The Balaban J connectivity index is 1.87. The van der Waals surface area contributed by atoms with Gasteiger partial charge in [0.25, 0.3) is 0 Å². The molecule has 0 bridgehead atoms. The van der Waals surface area contributed by atoms with Crippen molar-refractivity contribution in [1.29, 1.82) is 0 Å². The lowest BCUT2D eigenvalue weighted by molar-refractivity contribution is 1.05. The van der Waals surface area contributed by atoms with Crippen LogP contribution in [0.25, 0.3) is 22.0 Å². The van der Waals surface area contributed by atoms with Crippen LogP contribution < -0.4 is 5.32 Å². The maximum absolute atomic E-state index is 4.51. The summed E-state index contributed by atoms with van der Waals surface area (Å²) in [6.07, 6.45) is 2.98. The van der Waals surface area contributed by atoms with Gasteiger partial charge in [0.05, 0.1) is 5.52 Å². The van der Waals surface area contributed by atoms with Crippen LogP contribution in [0, 0.1) is 13.8 Å². The van der Waals surface area contributed by atoms with E-state index >= 15 is 0 Å². The minimum Gasteiger partial charge on any atom is -0.370 e. The highest BCUT2D eigenvalue weighted by Crippen LogP contribution is 2.28. The van der Waals surface area contributed by atoms with E-state index in [1.54, 1.807) is 0 Å². The Hall–Kier alpha value is -2.49. The van der Waals surface area contributed by atoms with E-state index in [0.29, 0.717) is 0 Å². The van der Waals surface area contributed by atoms with Gasteiger partial charge in [-0.3, -0.25) is 0 Å². The third kappa shape index (κ3) is 2.03. The minimum atomic E-state index is 0.818. The van der Waals surface area contributed by atoms with E-state index in [9.17, 15) is 0 Å². The first kappa shape index (κ1) is 12.3. The van der Waals surface area contributed by atoms with Crippen LogP contribution in [0.15, 0.2) is 30.5 Å². The number of nitrogens with zero attached hydrogens (tertiary/aromatic N) is 3. The van der Waals surface area contributed by atoms with Crippen LogP contribution in [-0.4, -0.2) is 21.5 Å². The van der Waals surface area contributed by atoms with Gasteiger partial charge in [0.15, 0.2) is 0 Å². The van der Waals surface area contributed by atoms with Crippen LogP contribution >= 0.6 is 0 Å². The van der Waals surface area contributed by atoms with Crippen LogP contribution in [0.3, 0.4) is 0 Å². The first-order valence-corrected chi connectivity index (χ1v) is 7.19. The lowest BCUT2D eigenvalue weighted by Crippen LogP contribution is -1.94. The molecule has 3 heterocycles. The first-order chi connectivity index (χ1) is 10.2. The van der Waals surface area contributed by atoms with Crippen molar-refractivity contribution in [1.82, 2.24) is 15.0 Å². The van der Waals surface area contributed by atoms with Crippen molar-refractivity contribution in [2.75, 3.05) is 11.9 Å². The molecule has 0 saturated heterocycles. The molecule has 3 aromatic rings. The molecule has 1 aliphatic rings. The second-order valence-corrected chi connectivity index (χ2v) is 5.50. The van der Waals surface area contributed by atoms with Gasteiger partial charge in [-0.25, -0.2) is 15.0 Å². The molecule has 0 radical (unpaired) electrons. The number of anilines is 1. The van der Waals surface area contributed by atoms with Crippen molar-refractivity contribution in [3.63, 3.8) is 0 Å². The molecule has 0 aliphatic carbocycles. The van der Waals surface area contributed by atoms with E-state index in [1.165, 1.54) is 11.1 Å². The Bertz CT molecular complexity index is 855. The van der Waals surface area contributed by atoms with Crippen LogP contribution in [0.2, 0.25) is 0 Å². The molecule has 0 saturated carbocycles. The Morgan fingerprint density at radius 3 is 2.86 bits per heavy atom. The smallest absolute Gasteiger partial charge is 0.129 e. The molecular weight excluding hydrogens is 260 g/mol. The highest BCUT2D eigenvalue weighted by Gasteiger charge is 2.12. The van der Waals surface area contributed by atoms with E-state index in [2.05, 4.69) is 44.5 Å². The van der Waals surface area contributed by atoms with E-state index in [0.717, 1.165) is 46.8 Å². The summed E-state index contributed by atoms with van der Waals surface area (Å²) in [6, 6.07) is 8.57. The van der Waals surface area contributed by atoms with Crippen molar-refractivity contribution in [3.05, 3.63) is 47.5 Å². The molecule has 1 aromatic carbocycles. The molecule has 21 heavy (non-hydrogen) atoms. The van der Waals surface area contributed by atoms with E-state index in [-0.39, 0.29) is 0 Å². The Morgan fingerprint density at radius 2 is 1.95 bits per heavy atom. The van der Waals surface area contributed by atoms with Crippen molar-refractivity contribution in [3.8, 4) is 11.1 Å². The van der Waals surface area contributed by atoms with Gasteiger partial charge < -0.3 is 5.32 Å². The highest BCUT2D eigenvalue weighted by molar-refractivity contribution is 5.86. The summed E-state index contributed by atoms with van der Waals surface area (Å²) in [7, 11) is 0. The maximum atomic E-state index is 4.51. The van der Waals surface area contributed by atoms with E-state index in [4.69, 9.17) is 0 Å². The molecule has 1 N–H and O–H groups in total. The van der Waals surface area contributed by atoms with Crippen molar-refractivity contribution in [2.45, 2.75) is 20.3 Å². The third-order valence-electron chi connectivity index (χ3n) is 3.98. The molecule has 0 fully saturated rings. The predicted octanol–water partition coefficient (Wildman–Crippen LogP) is 3.28. The summed E-state index contributed by atoms with van der Waals surface area (Å²) < 4.78 is 0. The minimum absolute atomic E-state index is 0.818. The number of rotatable bonds is 1. The molecule has 0 unspecified atom stereocenters. The number of benzene rings is 1. The molecule has 1 aliphatic heterocycles. The van der Waals surface area contributed by atoms with Gasteiger partial charge in [0.1, 0.15) is 11.6 Å². The lowest BCUT2D eigenvalue weighted by Gasteiger charge is -2.07. The monoisotopic (exact) mass is 276 g/mol. The molecule has 4 heteroatoms. The summed E-state index contributed by atoms with van der Waals surface area (Å²) in [4.78, 5) is 13.5. The van der Waals surface area contributed by atoms with Gasteiger partial charge in [-0.2, -0.15) is 0 Å². The van der Waals surface area contributed by atoms with Crippen LogP contribution in [0.5, 0.6) is 0 Å². The van der Waals surface area contributed by atoms with Crippen molar-refractivity contribution >= 4 is 16.7 Å². The Morgan fingerprint density at radius 1 is 1.05 bits per heavy atom. The number of hydrogen-bond donors (Lipinski definition) is 1. The number of aryl methyl sites for hydroxylation is 2. The first-order valence-electron chi connectivity index (χ1n) is 7.19. The van der Waals surface area contributed by atoms with Gasteiger partial charge in [-0.1, -0.05) is 6.07 Å². The Labute approximate surface area is 123 Å². The summed E-state index contributed by atoms with van der Waals surface area (Å²) in [5.41, 5.74) is 5.64. The molecule has 104 valence electrons. The summed E-state index contributed by atoms with van der Waals surface area (Å²) in [6.45, 7) is 4.94. The zero-order chi connectivity index (χ0) is 14.4. The van der Waals surface area contributed by atoms with Gasteiger partial charge in [0.2, 0.25) is 0 Å². The molecule has 0 spiro atoms. The molecule has 4 nitrogen and oxygen atoms in total. The number of fused-ring (bicyclic) bond motifs is 2. The number of aromatic nitrogens is 3. The maximum Gasteiger partial charge on any atom is 0.129 e. The lowest BCUT2D eigenvalue weighted by atomic mass is 10.0. The molecule has 2 aromatic heterocycles. The third-order valence-corrected chi connectivity index (χ3v) is 3.98. The Kier molecular flexibility index (Phi) is 2.64. The van der Waals surface area contributed by atoms with E-state index < -0.39 is 0 Å². The average molecular weight is 276 g/mol. The van der Waals surface area contributed by atoms with Crippen molar-refractivity contribution < 1.29 is 0 Å². The molecule has 4 rings (SSSR count).